The number of aliphatic hydroxyl groups is 1. The third-order valence-corrected chi connectivity index (χ3v) is 3.37. The largest absolute Gasteiger partial charge is 0.394 e. The molecule has 3 nitrogen and oxygen atoms in total. The Hall–Kier alpha value is -2.20. The number of hydrogen-bond donors (Lipinski definition) is 2. The lowest BCUT2D eigenvalue weighted by atomic mass is 10.0. The number of rotatable bonds is 5. The van der Waals surface area contributed by atoms with Crippen molar-refractivity contribution in [2.45, 2.75) is 19.4 Å². The molecular weight excluding hydrogens is 269 g/mol. The topological polar surface area (TPSA) is 49.3 Å². The standard InChI is InChI=1S/C17H18FNO2/c1-2-12-6-8-13(9-7-12)16(11-20)19-17(21)14-4-3-5-15(18)10-14/h3-10,16,20H,2,11H2,1H3,(H,19,21). The van der Waals surface area contributed by atoms with Crippen molar-refractivity contribution >= 4 is 5.91 Å². The molecule has 0 bridgehead atoms. The lowest BCUT2D eigenvalue weighted by molar-refractivity contribution is 0.0915. The highest BCUT2D eigenvalue weighted by Gasteiger charge is 2.15. The zero-order valence-electron chi connectivity index (χ0n) is 11.8. The highest BCUT2D eigenvalue weighted by Crippen LogP contribution is 2.15. The summed E-state index contributed by atoms with van der Waals surface area (Å²) in [5.74, 6) is -0.872. The molecule has 0 saturated heterocycles. The van der Waals surface area contributed by atoms with Gasteiger partial charge in [-0.1, -0.05) is 37.3 Å². The zero-order valence-corrected chi connectivity index (χ0v) is 11.8. The molecule has 1 atom stereocenters. The number of hydrogen-bond acceptors (Lipinski definition) is 2. The summed E-state index contributed by atoms with van der Waals surface area (Å²) in [6.45, 7) is 1.84. The first kappa shape index (κ1) is 15.2. The smallest absolute Gasteiger partial charge is 0.251 e. The first-order chi connectivity index (χ1) is 10.1. The Morgan fingerprint density at radius 3 is 2.52 bits per heavy atom. The minimum absolute atomic E-state index is 0.216. The van der Waals surface area contributed by atoms with Crippen molar-refractivity contribution in [3.05, 3.63) is 71.0 Å². The molecular formula is C17H18FNO2. The maximum Gasteiger partial charge on any atom is 0.251 e. The van der Waals surface area contributed by atoms with E-state index in [9.17, 15) is 14.3 Å². The third kappa shape index (κ3) is 3.89. The van der Waals surface area contributed by atoms with Crippen molar-refractivity contribution in [3.8, 4) is 0 Å². The fourth-order valence-corrected chi connectivity index (χ4v) is 2.09. The van der Waals surface area contributed by atoms with E-state index in [0.717, 1.165) is 12.0 Å². The summed E-state index contributed by atoms with van der Waals surface area (Å²) in [7, 11) is 0. The molecule has 0 heterocycles. The van der Waals surface area contributed by atoms with Crippen molar-refractivity contribution in [1.29, 1.82) is 0 Å². The molecule has 4 heteroatoms. The Kier molecular flexibility index (Phi) is 5.06. The van der Waals surface area contributed by atoms with E-state index in [1.165, 1.54) is 29.8 Å². The van der Waals surface area contributed by atoms with Gasteiger partial charge in [0, 0.05) is 5.56 Å². The minimum Gasteiger partial charge on any atom is -0.394 e. The van der Waals surface area contributed by atoms with E-state index in [0.29, 0.717) is 0 Å². The number of aryl methyl sites for hydroxylation is 1. The van der Waals surface area contributed by atoms with E-state index in [1.54, 1.807) is 0 Å². The van der Waals surface area contributed by atoms with Crippen molar-refractivity contribution in [2.75, 3.05) is 6.61 Å². The van der Waals surface area contributed by atoms with Gasteiger partial charge < -0.3 is 10.4 Å². The molecule has 2 aromatic rings. The summed E-state index contributed by atoms with van der Waals surface area (Å²) < 4.78 is 13.1. The van der Waals surface area contributed by atoms with Gasteiger partial charge in [-0.25, -0.2) is 4.39 Å². The second kappa shape index (κ2) is 6.99. The molecule has 2 aromatic carbocycles. The quantitative estimate of drug-likeness (QED) is 0.888. The molecule has 0 aliphatic heterocycles. The lowest BCUT2D eigenvalue weighted by Crippen LogP contribution is -2.30. The van der Waals surface area contributed by atoms with Gasteiger partial charge in [-0.15, -0.1) is 0 Å². The average Bonchev–Trinajstić information content (AvgIpc) is 2.52. The number of amides is 1. The lowest BCUT2D eigenvalue weighted by Gasteiger charge is -2.17. The Morgan fingerprint density at radius 1 is 1.24 bits per heavy atom. The van der Waals surface area contributed by atoms with E-state index < -0.39 is 17.8 Å². The molecule has 21 heavy (non-hydrogen) atoms. The molecule has 0 aliphatic rings. The molecule has 0 aromatic heterocycles. The van der Waals surface area contributed by atoms with Crippen LogP contribution in [-0.4, -0.2) is 17.6 Å². The van der Waals surface area contributed by atoms with Gasteiger partial charge in [-0.2, -0.15) is 0 Å². The van der Waals surface area contributed by atoms with Crippen LogP contribution in [0.25, 0.3) is 0 Å². The summed E-state index contributed by atoms with van der Waals surface area (Å²) in [4.78, 5) is 12.1. The number of benzene rings is 2. The molecule has 0 spiro atoms. The molecule has 0 fully saturated rings. The van der Waals surface area contributed by atoms with Crippen molar-refractivity contribution in [1.82, 2.24) is 5.32 Å². The normalized spacial score (nSPS) is 12.0. The van der Waals surface area contributed by atoms with Crippen LogP contribution < -0.4 is 5.32 Å². The summed E-state index contributed by atoms with van der Waals surface area (Å²) in [6.07, 6.45) is 0.930. The molecule has 2 N–H and O–H groups in total. The maximum atomic E-state index is 13.1. The third-order valence-electron chi connectivity index (χ3n) is 3.37. The molecule has 0 radical (unpaired) electrons. The van der Waals surface area contributed by atoms with Crippen LogP contribution in [0.1, 0.15) is 34.5 Å². The van der Waals surface area contributed by atoms with Crippen molar-refractivity contribution in [3.63, 3.8) is 0 Å². The number of halogens is 1. The van der Waals surface area contributed by atoms with Gasteiger partial charge in [-0.05, 0) is 35.7 Å². The van der Waals surface area contributed by atoms with Gasteiger partial charge in [-0.3, -0.25) is 4.79 Å². The van der Waals surface area contributed by atoms with Crippen LogP contribution in [0.5, 0.6) is 0 Å². The maximum absolute atomic E-state index is 13.1. The molecule has 0 aliphatic carbocycles. The predicted octanol–water partition coefficient (Wildman–Crippen LogP) is 2.85. The number of nitrogens with one attached hydrogen (secondary N) is 1. The van der Waals surface area contributed by atoms with Gasteiger partial charge in [0.2, 0.25) is 0 Å². The first-order valence-corrected chi connectivity index (χ1v) is 6.90. The van der Waals surface area contributed by atoms with E-state index >= 15 is 0 Å². The van der Waals surface area contributed by atoms with Gasteiger partial charge in [0.15, 0.2) is 0 Å². The van der Waals surface area contributed by atoms with Crippen LogP contribution in [0.15, 0.2) is 48.5 Å². The first-order valence-electron chi connectivity index (χ1n) is 6.90. The van der Waals surface area contributed by atoms with Gasteiger partial charge >= 0.3 is 0 Å². The Balaban J connectivity index is 2.12. The Labute approximate surface area is 123 Å². The summed E-state index contributed by atoms with van der Waals surface area (Å²) in [6, 6.07) is 12.6. The Bertz CT molecular complexity index is 610. The van der Waals surface area contributed by atoms with E-state index in [2.05, 4.69) is 12.2 Å². The van der Waals surface area contributed by atoms with Crippen molar-refractivity contribution in [2.24, 2.45) is 0 Å². The summed E-state index contributed by atoms with van der Waals surface area (Å²) in [5.41, 5.74) is 2.24. The second-order valence-electron chi connectivity index (χ2n) is 4.81. The highest BCUT2D eigenvalue weighted by molar-refractivity contribution is 5.94. The van der Waals surface area contributed by atoms with Crippen LogP contribution in [0.3, 0.4) is 0 Å². The SMILES string of the molecule is CCc1ccc(C(CO)NC(=O)c2cccc(F)c2)cc1. The van der Waals surface area contributed by atoms with Crippen LogP contribution in [-0.2, 0) is 6.42 Å². The number of aliphatic hydroxyl groups excluding tert-OH is 1. The average molecular weight is 287 g/mol. The monoisotopic (exact) mass is 287 g/mol. The highest BCUT2D eigenvalue weighted by atomic mass is 19.1. The van der Waals surface area contributed by atoms with Gasteiger partial charge in [0.25, 0.3) is 5.91 Å². The van der Waals surface area contributed by atoms with Crippen LogP contribution >= 0.6 is 0 Å². The Morgan fingerprint density at radius 2 is 1.95 bits per heavy atom. The fraction of sp³-hybridized carbons (Fsp3) is 0.235. The van der Waals surface area contributed by atoms with Crippen LogP contribution in [0, 0.1) is 5.82 Å². The number of carbonyl (C=O) groups excluding carboxylic acids is 1. The van der Waals surface area contributed by atoms with E-state index in [-0.39, 0.29) is 12.2 Å². The van der Waals surface area contributed by atoms with Gasteiger partial charge in [0.05, 0.1) is 12.6 Å². The fourth-order valence-electron chi connectivity index (χ4n) is 2.09. The summed E-state index contributed by atoms with van der Waals surface area (Å²) in [5, 5.41) is 12.2. The predicted molar refractivity (Wildman–Crippen MR) is 79.5 cm³/mol. The zero-order chi connectivity index (χ0) is 15.2. The van der Waals surface area contributed by atoms with E-state index in [4.69, 9.17) is 0 Å². The minimum atomic E-state index is -0.508. The van der Waals surface area contributed by atoms with Crippen LogP contribution in [0.4, 0.5) is 4.39 Å². The molecule has 1 unspecified atom stereocenters. The second-order valence-corrected chi connectivity index (χ2v) is 4.81. The molecule has 2 rings (SSSR count). The van der Waals surface area contributed by atoms with Crippen molar-refractivity contribution < 1.29 is 14.3 Å². The van der Waals surface area contributed by atoms with Crippen LogP contribution in [0.2, 0.25) is 0 Å². The summed E-state index contributed by atoms with van der Waals surface area (Å²) >= 11 is 0. The van der Waals surface area contributed by atoms with E-state index in [1.807, 2.05) is 24.3 Å². The molecule has 1 amide bonds. The number of carbonyl (C=O) groups is 1. The molecule has 110 valence electrons. The van der Waals surface area contributed by atoms with Gasteiger partial charge in [0.1, 0.15) is 5.82 Å². The molecule has 0 saturated carbocycles.